The lowest BCUT2D eigenvalue weighted by molar-refractivity contribution is 0.170. The van der Waals surface area contributed by atoms with Gasteiger partial charge >= 0.3 is 0 Å². The Morgan fingerprint density at radius 3 is 2.63 bits per heavy atom. The highest BCUT2D eigenvalue weighted by atomic mass is 35.5. The molecule has 1 saturated heterocycles. The van der Waals surface area contributed by atoms with E-state index in [-0.39, 0.29) is 16.0 Å². The average Bonchev–Trinajstić information content (AvgIpc) is 2.27. The zero-order valence-electron chi connectivity index (χ0n) is 11.0. The highest BCUT2D eigenvalue weighted by Gasteiger charge is 2.33. The summed E-state index contributed by atoms with van der Waals surface area (Å²) in [6.45, 7) is 3.81. The number of rotatable bonds is 2. The fourth-order valence-corrected chi connectivity index (χ4v) is 4.47. The molecule has 0 spiro atoms. The van der Waals surface area contributed by atoms with Crippen molar-refractivity contribution in [3.63, 3.8) is 0 Å². The SMILES string of the molecule is CC1CN(C)CCN1S(=O)(=O)c1ccc(N)cc1Cl. The van der Waals surface area contributed by atoms with Crippen LogP contribution in [0.4, 0.5) is 5.69 Å². The molecular weight excluding hydrogens is 286 g/mol. The molecule has 2 N–H and O–H groups in total. The van der Waals surface area contributed by atoms with E-state index < -0.39 is 10.0 Å². The molecular formula is C12H18ClN3O2S. The summed E-state index contributed by atoms with van der Waals surface area (Å²) < 4.78 is 26.7. The Morgan fingerprint density at radius 1 is 1.37 bits per heavy atom. The highest BCUT2D eigenvalue weighted by Crippen LogP contribution is 2.28. The smallest absolute Gasteiger partial charge is 0.244 e. The number of piperazine rings is 1. The molecule has 106 valence electrons. The Kier molecular flexibility index (Phi) is 4.06. The number of benzene rings is 1. The van der Waals surface area contributed by atoms with Crippen LogP contribution in [0, 0.1) is 0 Å². The predicted octanol–water partition coefficient (Wildman–Crippen LogP) is 1.25. The van der Waals surface area contributed by atoms with Gasteiger partial charge in [-0.25, -0.2) is 8.42 Å². The van der Waals surface area contributed by atoms with Crippen molar-refractivity contribution >= 4 is 27.3 Å². The second kappa shape index (κ2) is 5.28. The quantitative estimate of drug-likeness (QED) is 0.835. The Balaban J connectivity index is 2.37. The van der Waals surface area contributed by atoms with E-state index >= 15 is 0 Å². The third-order valence-electron chi connectivity index (χ3n) is 3.31. The van der Waals surface area contributed by atoms with Crippen LogP contribution < -0.4 is 5.73 Å². The molecule has 7 heteroatoms. The number of anilines is 1. The minimum Gasteiger partial charge on any atom is -0.399 e. The third kappa shape index (κ3) is 2.86. The normalized spacial score (nSPS) is 22.6. The summed E-state index contributed by atoms with van der Waals surface area (Å²) in [5, 5.41) is 0.172. The molecule has 1 fully saturated rings. The Labute approximate surface area is 119 Å². The standard InChI is InChI=1S/C12H18ClN3O2S/c1-9-8-15(2)5-6-16(9)19(17,18)12-4-3-10(14)7-11(12)13/h3-4,7,9H,5-6,8,14H2,1-2H3. The van der Waals surface area contributed by atoms with Gasteiger partial charge in [0.25, 0.3) is 0 Å². The molecule has 0 saturated carbocycles. The highest BCUT2D eigenvalue weighted by molar-refractivity contribution is 7.89. The molecule has 0 radical (unpaired) electrons. The topological polar surface area (TPSA) is 66.6 Å². The molecule has 5 nitrogen and oxygen atoms in total. The predicted molar refractivity (Wildman–Crippen MR) is 76.7 cm³/mol. The van der Waals surface area contributed by atoms with E-state index in [1.807, 2.05) is 14.0 Å². The van der Waals surface area contributed by atoms with Gasteiger partial charge in [-0.2, -0.15) is 4.31 Å². The summed E-state index contributed by atoms with van der Waals surface area (Å²) >= 11 is 6.01. The van der Waals surface area contributed by atoms with Crippen molar-refractivity contribution in [2.75, 3.05) is 32.4 Å². The van der Waals surface area contributed by atoms with E-state index in [4.69, 9.17) is 17.3 Å². The number of likely N-dealkylation sites (N-methyl/N-ethyl adjacent to an activating group) is 1. The average molecular weight is 304 g/mol. The molecule has 0 aliphatic carbocycles. The second-order valence-corrected chi connectivity index (χ2v) is 7.18. The van der Waals surface area contributed by atoms with Crippen LogP contribution in [0.25, 0.3) is 0 Å². The van der Waals surface area contributed by atoms with Crippen LogP contribution in [-0.2, 0) is 10.0 Å². The van der Waals surface area contributed by atoms with Crippen LogP contribution >= 0.6 is 11.6 Å². The molecule has 0 amide bonds. The zero-order chi connectivity index (χ0) is 14.2. The molecule has 1 unspecified atom stereocenters. The van der Waals surface area contributed by atoms with Crippen LogP contribution in [0.5, 0.6) is 0 Å². The summed E-state index contributed by atoms with van der Waals surface area (Å²) in [6.07, 6.45) is 0. The maximum Gasteiger partial charge on any atom is 0.244 e. The summed E-state index contributed by atoms with van der Waals surface area (Å²) in [6, 6.07) is 4.42. The van der Waals surface area contributed by atoms with Gasteiger partial charge in [-0.05, 0) is 32.2 Å². The maximum atomic E-state index is 12.6. The molecule has 1 aliphatic rings. The third-order valence-corrected chi connectivity index (χ3v) is 5.81. The monoisotopic (exact) mass is 303 g/mol. The van der Waals surface area contributed by atoms with Crippen LogP contribution in [-0.4, -0.2) is 50.3 Å². The van der Waals surface area contributed by atoms with Gasteiger partial charge in [-0.3, -0.25) is 0 Å². The molecule has 1 aliphatic heterocycles. The number of halogens is 1. The first-order valence-corrected chi connectivity index (χ1v) is 7.89. The van der Waals surface area contributed by atoms with Crippen molar-refractivity contribution in [2.24, 2.45) is 0 Å². The molecule has 1 atom stereocenters. The Morgan fingerprint density at radius 2 is 2.05 bits per heavy atom. The van der Waals surface area contributed by atoms with Crippen molar-refractivity contribution < 1.29 is 8.42 Å². The van der Waals surface area contributed by atoms with Gasteiger partial charge < -0.3 is 10.6 Å². The minimum absolute atomic E-state index is 0.0719. The number of nitrogens with two attached hydrogens (primary N) is 1. The molecule has 19 heavy (non-hydrogen) atoms. The lowest BCUT2D eigenvalue weighted by Gasteiger charge is -2.37. The second-order valence-electron chi connectivity index (χ2n) is 4.92. The summed E-state index contributed by atoms with van der Waals surface area (Å²) in [5.41, 5.74) is 6.05. The minimum atomic E-state index is -3.56. The first kappa shape index (κ1) is 14.6. The van der Waals surface area contributed by atoms with Gasteiger partial charge in [0.15, 0.2) is 0 Å². The van der Waals surface area contributed by atoms with Crippen molar-refractivity contribution in [2.45, 2.75) is 17.9 Å². The number of hydrogen-bond donors (Lipinski definition) is 1. The van der Waals surface area contributed by atoms with Crippen LogP contribution in [0.3, 0.4) is 0 Å². The number of nitrogen functional groups attached to an aromatic ring is 1. The number of sulfonamides is 1. The molecule has 2 rings (SSSR count). The van der Waals surface area contributed by atoms with Crippen molar-refractivity contribution in [1.29, 1.82) is 0 Å². The van der Waals surface area contributed by atoms with E-state index in [9.17, 15) is 8.42 Å². The van der Waals surface area contributed by atoms with Crippen molar-refractivity contribution in [3.8, 4) is 0 Å². The summed E-state index contributed by atoms with van der Waals surface area (Å²) in [4.78, 5) is 2.24. The fraction of sp³-hybridized carbons (Fsp3) is 0.500. The van der Waals surface area contributed by atoms with Gasteiger partial charge in [-0.15, -0.1) is 0 Å². The van der Waals surface area contributed by atoms with E-state index in [2.05, 4.69) is 4.90 Å². The summed E-state index contributed by atoms with van der Waals surface area (Å²) in [5.74, 6) is 0. The van der Waals surface area contributed by atoms with E-state index in [1.165, 1.54) is 16.4 Å². The van der Waals surface area contributed by atoms with Crippen LogP contribution in [0.1, 0.15) is 6.92 Å². The molecule has 0 aromatic heterocycles. The maximum absolute atomic E-state index is 12.6. The fourth-order valence-electron chi connectivity index (χ4n) is 2.33. The van der Waals surface area contributed by atoms with Crippen LogP contribution in [0.15, 0.2) is 23.1 Å². The van der Waals surface area contributed by atoms with Gasteiger partial charge in [0.1, 0.15) is 4.90 Å². The first-order chi connectivity index (χ1) is 8.82. The molecule has 1 heterocycles. The summed E-state index contributed by atoms with van der Waals surface area (Å²) in [7, 11) is -1.58. The number of nitrogens with zero attached hydrogens (tertiary/aromatic N) is 2. The van der Waals surface area contributed by atoms with Crippen molar-refractivity contribution in [3.05, 3.63) is 23.2 Å². The van der Waals surface area contributed by atoms with Gasteiger partial charge in [0.2, 0.25) is 10.0 Å². The molecule has 1 aromatic carbocycles. The van der Waals surface area contributed by atoms with E-state index in [1.54, 1.807) is 6.07 Å². The van der Waals surface area contributed by atoms with E-state index in [0.29, 0.717) is 18.8 Å². The zero-order valence-corrected chi connectivity index (χ0v) is 12.6. The molecule has 1 aromatic rings. The Hall–Kier alpha value is -0.820. The largest absolute Gasteiger partial charge is 0.399 e. The van der Waals surface area contributed by atoms with Crippen LogP contribution in [0.2, 0.25) is 5.02 Å². The van der Waals surface area contributed by atoms with E-state index in [0.717, 1.165) is 6.54 Å². The first-order valence-electron chi connectivity index (χ1n) is 6.08. The van der Waals surface area contributed by atoms with Gasteiger partial charge in [-0.1, -0.05) is 11.6 Å². The lowest BCUT2D eigenvalue weighted by atomic mass is 10.2. The Bertz CT molecular complexity index is 576. The van der Waals surface area contributed by atoms with Gasteiger partial charge in [0, 0.05) is 31.4 Å². The van der Waals surface area contributed by atoms with Gasteiger partial charge in [0.05, 0.1) is 5.02 Å². The van der Waals surface area contributed by atoms with Crippen molar-refractivity contribution in [1.82, 2.24) is 9.21 Å². The lowest BCUT2D eigenvalue weighted by Crippen LogP contribution is -2.52. The molecule has 0 bridgehead atoms. The number of hydrogen-bond acceptors (Lipinski definition) is 4.